The van der Waals surface area contributed by atoms with E-state index in [2.05, 4.69) is 51.6 Å². The van der Waals surface area contributed by atoms with Gasteiger partial charge in [-0.1, -0.05) is 48.5 Å². The van der Waals surface area contributed by atoms with Crippen molar-refractivity contribution in [2.45, 2.75) is 32.4 Å². The van der Waals surface area contributed by atoms with Gasteiger partial charge in [0.05, 0.1) is 18.4 Å². The van der Waals surface area contributed by atoms with Crippen molar-refractivity contribution in [3.63, 3.8) is 0 Å². The molecule has 2 aromatic heterocycles. The molecule has 5 rings (SSSR count). The first kappa shape index (κ1) is 21.6. The number of nitrogens with one attached hydrogen (secondary N) is 1. The standard InChI is InChI=1S/C27H27N3O2S/c31-26(16-23-19-33-27(29-23)25-8-5-15-32-25)28-17-22-6-1-2-7-24(22)21-11-9-20(10-12-21)18-30-13-3-4-14-30/h1-2,5-12,15,19H,3-4,13-14,16-18H2,(H,28,31). The van der Waals surface area contributed by atoms with Crippen molar-refractivity contribution in [2.75, 3.05) is 13.1 Å². The number of hydrogen-bond acceptors (Lipinski definition) is 5. The number of hydrogen-bond donors (Lipinski definition) is 1. The van der Waals surface area contributed by atoms with E-state index in [0.717, 1.165) is 34.1 Å². The van der Waals surface area contributed by atoms with Gasteiger partial charge >= 0.3 is 0 Å². The molecule has 6 heteroatoms. The summed E-state index contributed by atoms with van der Waals surface area (Å²) in [5, 5.41) is 5.76. The van der Waals surface area contributed by atoms with Gasteiger partial charge in [0.25, 0.3) is 0 Å². The third-order valence-electron chi connectivity index (χ3n) is 5.99. The van der Waals surface area contributed by atoms with Crippen LogP contribution in [0.15, 0.2) is 76.7 Å². The van der Waals surface area contributed by atoms with E-state index in [-0.39, 0.29) is 12.3 Å². The van der Waals surface area contributed by atoms with E-state index in [1.165, 1.54) is 48.4 Å². The van der Waals surface area contributed by atoms with Crippen molar-refractivity contribution in [1.29, 1.82) is 0 Å². The maximum absolute atomic E-state index is 12.6. The van der Waals surface area contributed by atoms with Crippen LogP contribution in [0.1, 0.15) is 29.7 Å². The second kappa shape index (κ2) is 10.1. The molecule has 0 atom stereocenters. The molecular formula is C27H27N3O2S. The van der Waals surface area contributed by atoms with Crippen LogP contribution < -0.4 is 5.32 Å². The van der Waals surface area contributed by atoms with Gasteiger partial charge in [-0.2, -0.15) is 0 Å². The fourth-order valence-electron chi connectivity index (χ4n) is 4.27. The Morgan fingerprint density at radius 3 is 2.64 bits per heavy atom. The third kappa shape index (κ3) is 5.41. The molecule has 1 fully saturated rings. The predicted molar refractivity (Wildman–Crippen MR) is 132 cm³/mol. The Morgan fingerprint density at radius 1 is 1.03 bits per heavy atom. The van der Waals surface area contributed by atoms with Gasteiger partial charge in [0.1, 0.15) is 0 Å². The first-order valence-corrected chi connectivity index (χ1v) is 12.3. The minimum atomic E-state index is -0.0398. The highest BCUT2D eigenvalue weighted by molar-refractivity contribution is 7.13. The Balaban J connectivity index is 1.20. The van der Waals surface area contributed by atoms with E-state index < -0.39 is 0 Å². The highest BCUT2D eigenvalue weighted by Crippen LogP contribution is 2.26. The maximum Gasteiger partial charge on any atom is 0.226 e. The molecule has 1 aliphatic rings. The minimum Gasteiger partial charge on any atom is -0.462 e. The fourth-order valence-corrected chi connectivity index (χ4v) is 5.05. The first-order valence-electron chi connectivity index (χ1n) is 11.4. The van der Waals surface area contributed by atoms with Crippen LogP contribution in [0.4, 0.5) is 0 Å². The van der Waals surface area contributed by atoms with Gasteiger partial charge in [0.2, 0.25) is 5.91 Å². The zero-order valence-electron chi connectivity index (χ0n) is 18.5. The SMILES string of the molecule is O=C(Cc1csc(-c2ccco2)n1)NCc1ccccc1-c1ccc(CN2CCCC2)cc1. The Hall–Kier alpha value is -3.22. The predicted octanol–water partition coefficient (Wildman–Crippen LogP) is 5.52. The molecule has 3 heterocycles. The Labute approximate surface area is 198 Å². The average Bonchev–Trinajstić information content (AvgIpc) is 3.61. The fraction of sp³-hybridized carbons (Fsp3) is 0.259. The Morgan fingerprint density at radius 2 is 1.85 bits per heavy atom. The van der Waals surface area contributed by atoms with Gasteiger partial charge in [-0.15, -0.1) is 11.3 Å². The second-order valence-corrected chi connectivity index (χ2v) is 9.27. The lowest BCUT2D eigenvalue weighted by Crippen LogP contribution is -2.25. The van der Waals surface area contributed by atoms with Crippen LogP contribution >= 0.6 is 11.3 Å². The van der Waals surface area contributed by atoms with Crippen molar-refractivity contribution >= 4 is 17.2 Å². The molecule has 0 unspecified atom stereocenters. The summed E-state index contributed by atoms with van der Waals surface area (Å²) in [6, 6.07) is 20.8. The molecule has 0 saturated carbocycles. The van der Waals surface area contributed by atoms with E-state index in [9.17, 15) is 4.79 Å². The van der Waals surface area contributed by atoms with Crippen LogP contribution in [0.2, 0.25) is 0 Å². The number of aromatic nitrogens is 1. The Bertz CT molecular complexity index is 1190. The highest BCUT2D eigenvalue weighted by atomic mass is 32.1. The zero-order valence-corrected chi connectivity index (χ0v) is 19.3. The van der Waals surface area contributed by atoms with Crippen LogP contribution in [-0.2, 0) is 24.3 Å². The normalized spacial score (nSPS) is 13.9. The lowest BCUT2D eigenvalue weighted by Gasteiger charge is -2.15. The van der Waals surface area contributed by atoms with E-state index >= 15 is 0 Å². The quantitative estimate of drug-likeness (QED) is 0.378. The molecule has 1 amide bonds. The molecule has 0 radical (unpaired) electrons. The summed E-state index contributed by atoms with van der Waals surface area (Å²) in [5.74, 6) is 0.689. The van der Waals surface area contributed by atoms with E-state index in [4.69, 9.17) is 4.42 Å². The molecule has 0 spiro atoms. The van der Waals surface area contributed by atoms with Crippen LogP contribution in [-0.4, -0.2) is 28.9 Å². The Kier molecular flexibility index (Phi) is 6.65. The number of furan rings is 1. The van der Waals surface area contributed by atoms with Crippen molar-refractivity contribution in [1.82, 2.24) is 15.2 Å². The monoisotopic (exact) mass is 457 g/mol. The van der Waals surface area contributed by atoms with Gasteiger partial charge in [-0.25, -0.2) is 4.98 Å². The molecule has 1 N–H and O–H groups in total. The maximum atomic E-state index is 12.6. The molecule has 1 saturated heterocycles. The number of nitrogens with zero attached hydrogens (tertiary/aromatic N) is 2. The number of benzene rings is 2. The summed E-state index contributed by atoms with van der Waals surface area (Å²) >= 11 is 1.49. The van der Waals surface area contributed by atoms with Gasteiger partial charge < -0.3 is 9.73 Å². The van der Waals surface area contributed by atoms with E-state index in [1.807, 2.05) is 29.6 Å². The number of amides is 1. The lowest BCUT2D eigenvalue weighted by atomic mass is 9.98. The van der Waals surface area contributed by atoms with Gasteiger partial charge in [-0.3, -0.25) is 9.69 Å². The van der Waals surface area contributed by atoms with Crippen LogP contribution in [0, 0.1) is 0 Å². The number of likely N-dealkylation sites (tertiary alicyclic amines) is 1. The molecule has 1 aliphatic heterocycles. The largest absolute Gasteiger partial charge is 0.462 e. The van der Waals surface area contributed by atoms with E-state index in [0.29, 0.717) is 6.54 Å². The molecule has 4 aromatic rings. The molecule has 0 bridgehead atoms. The molecule has 33 heavy (non-hydrogen) atoms. The third-order valence-corrected chi connectivity index (χ3v) is 6.89. The number of thiazole rings is 1. The molecular weight excluding hydrogens is 430 g/mol. The summed E-state index contributed by atoms with van der Waals surface area (Å²) in [5.41, 5.74) is 5.54. The highest BCUT2D eigenvalue weighted by Gasteiger charge is 2.13. The van der Waals surface area contributed by atoms with Crippen molar-refractivity contribution in [3.05, 3.63) is 89.1 Å². The van der Waals surface area contributed by atoms with Gasteiger partial charge in [0, 0.05) is 18.5 Å². The first-order chi connectivity index (χ1) is 16.2. The number of carbonyl (C=O) groups excluding carboxylic acids is 1. The molecule has 5 nitrogen and oxygen atoms in total. The molecule has 2 aromatic carbocycles. The smallest absolute Gasteiger partial charge is 0.226 e. The number of carbonyl (C=O) groups is 1. The van der Waals surface area contributed by atoms with Crippen LogP contribution in [0.25, 0.3) is 21.9 Å². The van der Waals surface area contributed by atoms with E-state index in [1.54, 1.807) is 6.26 Å². The molecule has 0 aliphatic carbocycles. The zero-order chi connectivity index (χ0) is 22.5. The summed E-state index contributed by atoms with van der Waals surface area (Å²) in [6.45, 7) is 3.92. The molecule has 168 valence electrons. The van der Waals surface area contributed by atoms with Crippen LogP contribution in [0.3, 0.4) is 0 Å². The summed E-state index contributed by atoms with van der Waals surface area (Å²) in [6.07, 6.45) is 4.50. The van der Waals surface area contributed by atoms with Crippen molar-refractivity contribution < 1.29 is 9.21 Å². The number of rotatable bonds is 8. The average molecular weight is 458 g/mol. The summed E-state index contributed by atoms with van der Waals surface area (Å²) in [7, 11) is 0. The summed E-state index contributed by atoms with van der Waals surface area (Å²) in [4.78, 5) is 19.6. The van der Waals surface area contributed by atoms with Gasteiger partial charge in [-0.05, 0) is 60.3 Å². The minimum absolute atomic E-state index is 0.0398. The van der Waals surface area contributed by atoms with Crippen molar-refractivity contribution in [3.8, 4) is 21.9 Å². The summed E-state index contributed by atoms with van der Waals surface area (Å²) < 4.78 is 5.38. The van der Waals surface area contributed by atoms with Gasteiger partial charge in [0.15, 0.2) is 10.8 Å². The van der Waals surface area contributed by atoms with Crippen LogP contribution in [0.5, 0.6) is 0 Å². The lowest BCUT2D eigenvalue weighted by molar-refractivity contribution is -0.120. The topological polar surface area (TPSA) is 58.4 Å². The van der Waals surface area contributed by atoms with Crippen molar-refractivity contribution in [2.24, 2.45) is 0 Å². The second-order valence-electron chi connectivity index (χ2n) is 8.41.